The number of carbonyl (C=O) groups is 1. The number of carbonyl (C=O) groups excluding carboxylic acids is 1. The van der Waals surface area contributed by atoms with E-state index in [2.05, 4.69) is 35.0 Å². The number of para-hydroxylation sites is 1. The Morgan fingerprint density at radius 3 is 2.91 bits per heavy atom. The number of anilines is 1. The smallest absolute Gasteiger partial charge is 0.260 e. The number of morpholine rings is 1. The molecule has 4 aromatic rings. The van der Waals surface area contributed by atoms with Gasteiger partial charge in [0, 0.05) is 31.7 Å². The molecule has 0 N–H and O–H groups in total. The fraction of sp³-hybridized carbons (Fsp3) is 0.375. The highest BCUT2D eigenvalue weighted by Gasteiger charge is 2.23. The normalized spacial score (nSPS) is 14.9. The van der Waals surface area contributed by atoms with Crippen LogP contribution in [0.2, 0.25) is 0 Å². The predicted octanol–water partition coefficient (Wildman–Crippen LogP) is 4.84. The molecule has 2 aromatic heterocycles. The summed E-state index contributed by atoms with van der Waals surface area (Å²) in [6.07, 6.45) is 1.82. The van der Waals surface area contributed by atoms with Crippen molar-refractivity contribution in [2.75, 3.05) is 44.3 Å². The molecule has 8 heteroatoms. The van der Waals surface area contributed by atoms with Gasteiger partial charge in [-0.2, -0.15) is 0 Å². The van der Waals surface area contributed by atoms with Gasteiger partial charge >= 0.3 is 0 Å². The third kappa shape index (κ3) is 4.41. The van der Waals surface area contributed by atoms with Crippen molar-refractivity contribution in [3.63, 3.8) is 0 Å². The van der Waals surface area contributed by atoms with Crippen molar-refractivity contribution in [3.8, 4) is 0 Å². The molecule has 0 aliphatic carbocycles. The molecule has 0 atom stereocenters. The number of nitrogens with zero attached hydrogens (tertiary/aromatic N) is 4. The molecule has 32 heavy (non-hydrogen) atoms. The molecule has 1 aliphatic heterocycles. The van der Waals surface area contributed by atoms with E-state index in [4.69, 9.17) is 9.72 Å². The molecule has 0 saturated carbocycles. The maximum absolute atomic E-state index is 13.7. The monoisotopic (exact) mass is 466 g/mol. The topological polar surface area (TPSA) is 58.6 Å². The molecule has 1 aliphatic rings. The minimum Gasteiger partial charge on any atom is -0.379 e. The van der Waals surface area contributed by atoms with E-state index in [1.54, 1.807) is 22.7 Å². The van der Waals surface area contributed by atoms with Crippen LogP contribution in [0.4, 0.5) is 5.13 Å². The number of hydrogen-bond acceptors (Lipinski definition) is 7. The van der Waals surface area contributed by atoms with E-state index in [-0.39, 0.29) is 5.91 Å². The minimum atomic E-state index is -0.000572. The zero-order valence-corrected chi connectivity index (χ0v) is 19.8. The molecule has 0 radical (unpaired) electrons. The Morgan fingerprint density at radius 2 is 2.06 bits per heavy atom. The largest absolute Gasteiger partial charge is 0.379 e. The fourth-order valence-corrected chi connectivity index (χ4v) is 5.85. The second-order valence-corrected chi connectivity index (χ2v) is 9.81. The van der Waals surface area contributed by atoms with Crippen LogP contribution in [0.25, 0.3) is 20.4 Å². The second-order valence-electron chi connectivity index (χ2n) is 7.91. The van der Waals surface area contributed by atoms with Crippen LogP contribution >= 0.6 is 22.7 Å². The first-order valence-electron chi connectivity index (χ1n) is 11.1. The Labute approximate surface area is 195 Å². The summed E-state index contributed by atoms with van der Waals surface area (Å²) in [5, 5.41) is 0.775. The van der Waals surface area contributed by atoms with Gasteiger partial charge in [0.15, 0.2) is 5.13 Å². The summed E-state index contributed by atoms with van der Waals surface area (Å²) in [5.41, 5.74) is 5.66. The molecule has 1 amide bonds. The lowest BCUT2D eigenvalue weighted by Crippen LogP contribution is -2.39. The van der Waals surface area contributed by atoms with E-state index in [1.807, 2.05) is 28.6 Å². The lowest BCUT2D eigenvalue weighted by Gasteiger charge is -2.27. The summed E-state index contributed by atoms with van der Waals surface area (Å²) in [7, 11) is 0. The minimum absolute atomic E-state index is 0.000572. The number of aromatic nitrogens is 2. The van der Waals surface area contributed by atoms with Crippen molar-refractivity contribution in [2.45, 2.75) is 19.8 Å². The fourth-order valence-electron chi connectivity index (χ4n) is 4.10. The van der Waals surface area contributed by atoms with E-state index < -0.39 is 0 Å². The van der Waals surface area contributed by atoms with Crippen LogP contribution in [0, 0.1) is 0 Å². The Hall–Kier alpha value is -2.39. The standard InChI is InChI=1S/C24H26N4O2S2/c1-2-17-5-3-6-20-22(17)26-24(32-20)28(10-4-9-27-11-13-30-14-12-27)23(29)18-7-8-19-21(15-18)31-16-25-19/h3,5-8,15-16H,2,4,9-14H2,1H3. The number of rotatable bonds is 7. The molecule has 1 fully saturated rings. The van der Waals surface area contributed by atoms with Crippen molar-refractivity contribution in [1.82, 2.24) is 14.9 Å². The lowest BCUT2D eigenvalue weighted by atomic mass is 10.1. The van der Waals surface area contributed by atoms with Crippen molar-refractivity contribution in [2.24, 2.45) is 0 Å². The van der Waals surface area contributed by atoms with Gasteiger partial charge in [-0.05, 0) is 42.7 Å². The van der Waals surface area contributed by atoms with E-state index in [1.165, 1.54) is 5.56 Å². The van der Waals surface area contributed by atoms with Gasteiger partial charge in [-0.1, -0.05) is 30.4 Å². The van der Waals surface area contributed by atoms with Crippen LogP contribution in [0.5, 0.6) is 0 Å². The van der Waals surface area contributed by atoms with E-state index >= 15 is 0 Å². The molecular formula is C24H26N4O2S2. The summed E-state index contributed by atoms with van der Waals surface area (Å²) in [4.78, 5) is 27.2. The number of aryl methyl sites for hydroxylation is 1. The Balaban J connectivity index is 1.44. The quantitative estimate of drug-likeness (QED) is 0.390. The molecule has 0 spiro atoms. The van der Waals surface area contributed by atoms with Crippen molar-refractivity contribution in [1.29, 1.82) is 0 Å². The van der Waals surface area contributed by atoms with Crippen LogP contribution < -0.4 is 4.90 Å². The summed E-state index contributed by atoms with van der Waals surface area (Å²) >= 11 is 3.16. The summed E-state index contributed by atoms with van der Waals surface area (Å²) in [6, 6.07) is 12.0. The Kier molecular flexibility index (Phi) is 6.45. The molecule has 0 unspecified atom stereocenters. The number of benzene rings is 2. The molecule has 5 rings (SSSR count). The maximum atomic E-state index is 13.7. The van der Waals surface area contributed by atoms with Gasteiger partial charge in [-0.25, -0.2) is 9.97 Å². The molecule has 3 heterocycles. The number of hydrogen-bond donors (Lipinski definition) is 0. The first kappa shape index (κ1) is 21.5. The van der Waals surface area contributed by atoms with Crippen molar-refractivity contribution < 1.29 is 9.53 Å². The molecule has 2 aromatic carbocycles. The first-order chi connectivity index (χ1) is 15.7. The Bertz CT molecular complexity index is 1230. The Morgan fingerprint density at radius 1 is 1.19 bits per heavy atom. The van der Waals surface area contributed by atoms with Crippen LogP contribution in [0.1, 0.15) is 29.3 Å². The number of ether oxygens (including phenoxy) is 1. The summed E-state index contributed by atoms with van der Waals surface area (Å²) in [5.74, 6) is -0.000572. The maximum Gasteiger partial charge on any atom is 0.260 e. The highest BCUT2D eigenvalue weighted by Crippen LogP contribution is 2.32. The second kappa shape index (κ2) is 9.62. The number of fused-ring (bicyclic) bond motifs is 2. The summed E-state index contributed by atoms with van der Waals surface area (Å²) in [6.45, 7) is 7.21. The number of amides is 1. The lowest BCUT2D eigenvalue weighted by molar-refractivity contribution is 0.0376. The zero-order valence-electron chi connectivity index (χ0n) is 18.1. The SMILES string of the molecule is CCc1cccc2sc(N(CCCN3CCOCC3)C(=O)c3ccc4ncsc4c3)nc12. The third-order valence-electron chi connectivity index (χ3n) is 5.89. The van der Waals surface area contributed by atoms with Crippen molar-refractivity contribution in [3.05, 3.63) is 53.0 Å². The van der Waals surface area contributed by atoms with E-state index in [9.17, 15) is 4.79 Å². The van der Waals surface area contributed by atoms with Gasteiger partial charge in [0.05, 0.1) is 39.2 Å². The van der Waals surface area contributed by atoms with Crippen LogP contribution in [0.15, 0.2) is 41.9 Å². The van der Waals surface area contributed by atoms with Crippen LogP contribution in [-0.2, 0) is 11.2 Å². The van der Waals surface area contributed by atoms with Crippen LogP contribution in [0.3, 0.4) is 0 Å². The summed E-state index contributed by atoms with van der Waals surface area (Å²) < 4.78 is 7.62. The third-order valence-corrected chi connectivity index (χ3v) is 7.72. The van der Waals surface area contributed by atoms with Gasteiger partial charge < -0.3 is 4.74 Å². The molecule has 6 nitrogen and oxygen atoms in total. The highest BCUT2D eigenvalue weighted by molar-refractivity contribution is 7.22. The zero-order chi connectivity index (χ0) is 21.9. The average molecular weight is 467 g/mol. The molecule has 1 saturated heterocycles. The van der Waals surface area contributed by atoms with Gasteiger partial charge in [0.1, 0.15) is 0 Å². The van der Waals surface area contributed by atoms with E-state index in [0.717, 1.165) is 71.3 Å². The average Bonchev–Trinajstić information content (AvgIpc) is 3.48. The molecule has 0 bridgehead atoms. The highest BCUT2D eigenvalue weighted by atomic mass is 32.1. The van der Waals surface area contributed by atoms with Crippen LogP contribution in [-0.4, -0.2) is 60.2 Å². The van der Waals surface area contributed by atoms with Gasteiger partial charge in [0.25, 0.3) is 5.91 Å². The predicted molar refractivity (Wildman–Crippen MR) is 132 cm³/mol. The van der Waals surface area contributed by atoms with Gasteiger partial charge in [0.2, 0.25) is 0 Å². The molecule has 166 valence electrons. The van der Waals surface area contributed by atoms with Crippen molar-refractivity contribution >= 4 is 54.1 Å². The first-order valence-corrected chi connectivity index (χ1v) is 12.8. The van der Waals surface area contributed by atoms with E-state index in [0.29, 0.717) is 12.1 Å². The molecular weight excluding hydrogens is 440 g/mol. The van der Waals surface area contributed by atoms with Gasteiger partial charge in [-0.3, -0.25) is 14.6 Å². The number of thiazole rings is 2. The van der Waals surface area contributed by atoms with Gasteiger partial charge in [-0.15, -0.1) is 11.3 Å².